The third kappa shape index (κ3) is 9.87. The number of hydrogen-bond donors (Lipinski definition) is 0. The van der Waals surface area contributed by atoms with Crippen molar-refractivity contribution in [3.63, 3.8) is 0 Å². The molecule has 0 radical (unpaired) electrons. The fourth-order valence-electron chi connectivity index (χ4n) is 4.65. The molecule has 0 unspecified atom stereocenters. The molecule has 2 aromatic heterocycles. The molecule has 0 atom stereocenters. The normalized spacial score (nSPS) is 11.4. The Morgan fingerprint density at radius 3 is 1.32 bits per heavy atom. The number of unbranched alkanes of at least 4 members (excludes halogenated alkanes) is 10. The SMILES string of the molecule is CCCCCCCCn1cc[n+](Cc2ccc(C[n+]3ccn(CCCCCCCC)c3)cc2)c1. The van der Waals surface area contributed by atoms with Gasteiger partial charge in [-0.25, -0.2) is 18.3 Å². The molecule has 0 N–H and O–H groups in total. The summed E-state index contributed by atoms with van der Waals surface area (Å²) in [6.45, 7) is 8.69. The molecule has 0 aliphatic carbocycles. The summed E-state index contributed by atoms with van der Waals surface area (Å²) in [6, 6.07) is 9.12. The van der Waals surface area contributed by atoms with Crippen LogP contribution in [-0.2, 0) is 26.2 Å². The summed E-state index contributed by atoms with van der Waals surface area (Å²) >= 11 is 0. The lowest BCUT2D eigenvalue weighted by atomic mass is 10.1. The van der Waals surface area contributed by atoms with Crippen LogP contribution in [0.15, 0.2) is 61.7 Å². The van der Waals surface area contributed by atoms with Gasteiger partial charge in [-0.15, -0.1) is 0 Å². The maximum absolute atomic E-state index is 2.33. The van der Waals surface area contributed by atoms with E-state index in [0.29, 0.717) is 0 Å². The molecule has 34 heavy (non-hydrogen) atoms. The number of nitrogens with zero attached hydrogens (tertiary/aromatic N) is 4. The zero-order valence-corrected chi connectivity index (χ0v) is 21.9. The number of rotatable bonds is 18. The highest BCUT2D eigenvalue weighted by molar-refractivity contribution is 5.21. The average Bonchev–Trinajstić information content (AvgIpc) is 3.49. The lowest BCUT2D eigenvalue weighted by molar-refractivity contribution is -0.688. The van der Waals surface area contributed by atoms with E-state index in [2.05, 4.69) is 93.8 Å². The highest BCUT2D eigenvalue weighted by atomic mass is 15.1. The molecule has 3 rings (SSSR count). The second-order valence-corrected chi connectivity index (χ2v) is 10.00. The Morgan fingerprint density at radius 2 is 0.912 bits per heavy atom. The van der Waals surface area contributed by atoms with Crippen LogP contribution < -0.4 is 9.13 Å². The summed E-state index contributed by atoms with van der Waals surface area (Å²) in [5.41, 5.74) is 2.72. The third-order valence-electron chi connectivity index (χ3n) is 6.79. The van der Waals surface area contributed by atoms with E-state index < -0.39 is 0 Å². The summed E-state index contributed by atoms with van der Waals surface area (Å²) in [5.74, 6) is 0. The third-order valence-corrected chi connectivity index (χ3v) is 6.79. The second kappa shape index (κ2) is 15.5. The molecule has 0 saturated carbocycles. The van der Waals surface area contributed by atoms with Gasteiger partial charge < -0.3 is 0 Å². The van der Waals surface area contributed by atoms with E-state index in [9.17, 15) is 0 Å². The van der Waals surface area contributed by atoms with Crippen LogP contribution in [0.5, 0.6) is 0 Å². The van der Waals surface area contributed by atoms with Crippen molar-refractivity contribution >= 4 is 0 Å². The molecule has 0 fully saturated rings. The first kappa shape index (κ1) is 26.2. The van der Waals surface area contributed by atoms with E-state index in [4.69, 9.17) is 0 Å². The highest BCUT2D eigenvalue weighted by Gasteiger charge is 2.07. The first-order valence-corrected chi connectivity index (χ1v) is 13.9. The molecule has 3 aromatic rings. The monoisotopic (exact) mass is 464 g/mol. The highest BCUT2D eigenvalue weighted by Crippen LogP contribution is 2.08. The minimum Gasteiger partial charge on any atom is -0.237 e. The van der Waals surface area contributed by atoms with Gasteiger partial charge in [0.1, 0.15) is 37.9 Å². The van der Waals surface area contributed by atoms with Crippen LogP contribution >= 0.6 is 0 Å². The fraction of sp³-hybridized carbons (Fsp3) is 0.600. The number of aromatic nitrogens is 4. The van der Waals surface area contributed by atoms with Gasteiger partial charge in [0.15, 0.2) is 0 Å². The predicted molar refractivity (Wildman–Crippen MR) is 141 cm³/mol. The number of hydrogen-bond acceptors (Lipinski definition) is 0. The molecule has 0 amide bonds. The largest absolute Gasteiger partial charge is 0.244 e. The van der Waals surface area contributed by atoms with E-state index in [-0.39, 0.29) is 0 Å². The maximum Gasteiger partial charge on any atom is 0.244 e. The zero-order chi connectivity index (χ0) is 23.8. The first-order valence-electron chi connectivity index (χ1n) is 13.9. The van der Waals surface area contributed by atoms with Crippen LogP contribution in [0.3, 0.4) is 0 Å². The van der Waals surface area contributed by atoms with Gasteiger partial charge >= 0.3 is 0 Å². The molecular formula is C30H48N4+2. The van der Waals surface area contributed by atoms with Crippen LogP contribution in [0.4, 0.5) is 0 Å². The van der Waals surface area contributed by atoms with Crippen LogP contribution in [0.1, 0.15) is 102 Å². The van der Waals surface area contributed by atoms with Crippen molar-refractivity contribution in [3.05, 3.63) is 72.8 Å². The molecule has 0 aliphatic heterocycles. The predicted octanol–water partition coefficient (Wildman–Crippen LogP) is 6.68. The molecule has 0 bridgehead atoms. The molecule has 4 heteroatoms. The molecule has 0 saturated heterocycles. The summed E-state index contributed by atoms with van der Waals surface area (Å²) in [7, 11) is 0. The van der Waals surface area contributed by atoms with Gasteiger partial charge in [-0.3, -0.25) is 0 Å². The van der Waals surface area contributed by atoms with Gasteiger partial charge in [-0.1, -0.05) is 89.5 Å². The molecular weight excluding hydrogens is 416 g/mol. The molecule has 0 aliphatic rings. The summed E-state index contributed by atoms with van der Waals surface area (Å²) in [5, 5.41) is 0. The van der Waals surface area contributed by atoms with E-state index in [1.54, 1.807) is 0 Å². The number of aryl methyl sites for hydroxylation is 2. The van der Waals surface area contributed by atoms with Crippen molar-refractivity contribution < 1.29 is 9.13 Å². The molecule has 4 nitrogen and oxygen atoms in total. The summed E-state index contributed by atoms with van der Waals surface area (Å²) in [4.78, 5) is 0. The smallest absolute Gasteiger partial charge is 0.237 e. The van der Waals surface area contributed by atoms with Crippen LogP contribution in [-0.4, -0.2) is 9.13 Å². The van der Waals surface area contributed by atoms with Crippen molar-refractivity contribution in [1.82, 2.24) is 9.13 Å². The van der Waals surface area contributed by atoms with Gasteiger partial charge in [0, 0.05) is 0 Å². The quantitative estimate of drug-likeness (QED) is 0.148. The topological polar surface area (TPSA) is 17.6 Å². The maximum atomic E-state index is 2.33. The van der Waals surface area contributed by atoms with Crippen molar-refractivity contribution in [2.45, 2.75) is 117 Å². The van der Waals surface area contributed by atoms with E-state index in [1.165, 1.54) is 88.2 Å². The summed E-state index contributed by atoms with van der Waals surface area (Å²) < 4.78 is 9.26. The second-order valence-electron chi connectivity index (χ2n) is 10.00. The van der Waals surface area contributed by atoms with E-state index in [1.807, 2.05) is 0 Å². The van der Waals surface area contributed by atoms with Crippen molar-refractivity contribution in [3.8, 4) is 0 Å². The summed E-state index contributed by atoms with van der Waals surface area (Å²) in [6.07, 6.45) is 29.5. The Kier molecular flexibility index (Phi) is 12.0. The standard InChI is InChI=1S/C30H48N4/c1-3-5-7-9-11-13-19-31-21-23-33(27-31)25-29-15-17-30(18-16-29)26-34-24-22-32(28-34)20-14-12-10-8-6-4-2/h15-18,21-24,27-28H,3-14,19-20,25-26H2,1-2H3/q+2. The number of imidazole rings is 2. The minimum absolute atomic E-state index is 0.936. The Balaban J connectivity index is 1.37. The molecule has 2 heterocycles. The number of benzene rings is 1. The lowest BCUT2D eigenvalue weighted by Crippen LogP contribution is -2.32. The Labute approximate surface area is 208 Å². The van der Waals surface area contributed by atoms with Crippen LogP contribution in [0.25, 0.3) is 0 Å². The van der Waals surface area contributed by atoms with Crippen LogP contribution in [0, 0.1) is 0 Å². The average molecular weight is 465 g/mol. The van der Waals surface area contributed by atoms with E-state index >= 15 is 0 Å². The minimum atomic E-state index is 0.936. The Bertz CT molecular complexity index is 831. The van der Waals surface area contributed by atoms with E-state index in [0.717, 1.165) is 26.2 Å². The Morgan fingerprint density at radius 1 is 0.529 bits per heavy atom. The van der Waals surface area contributed by atoms with Crippen molar-refractivity contribution in [1.29, 1.82) is 0 Å². The first-order chi connectivity index (χ1) is 16.8. The van der Waals surface area contributed by atoms with Crippen molar-refractivity contribution in [2.24, 2.45) is 0 Å². The lowest BCUT2D eigenvalue weighted by Gasteiger charge is -2.02. The van der Waals surface area contributed by atoms with Gasteiger partial charge in [0.2, 0.25) is 12.7 Å². The van der Waals surface area contributed by atoms with Crippen LogP contribution in [0.2, 0.25) is 0 Å². The molecule has 0 spiro atoms. The van der Waals surface area contributed by atoms with Gasteiger partial charge in [0.05, 0.1) is 13.1 Å². The van der Waals surface area contributed by atoms with Gasteiger partial charge in [-0.2, -0.15) is 0 Å². The fourth-order valence-corrected chi connectivity index (χ4v) is 4.65. The van der Waals surface area contributed by atoms with Gasteiger partial charge in [-0.05, 0) is 36.8 Å². The zero-order valence-electron chi connectivity index (χ0n) is 21.9. The van der Waals surface area contributed by atoms with Crippen molar-refractivity contribution in [2.75, 3.05) is 0 Å². The Hall–Kier alpha value is -2.36. The van der Waals surface area contributed by atoms with Gasteiger partial charge in [0.25, 0.3) is 0 Å². The molecule has 1 aromatic carbocycles. The molecule has 186 valence electrons.